The van der Waals surface area contributed by atoms with Gasteiger partial charge >= 0.3 is 0 Å². The summed E-state index contributed by atoms with van der Waals surface area (Å²) in [5, 5.41) is 8.83. The number of hydrogen-bond donors (Lipinski definition) is 0. The third kappa shape index (κ3) is 3.05. The van der Waals surface area contributed by atoms with Gasteiger partial charge in [-0.1, -0.05) is 12.2 Å². The topological polar surface area (TPSA) is 66.2 Å². The first-order valence-electron chi connectivity index (χ1n) is 7.23. The highest BCUT2D eigenvalue weighted by Gasteiger charge is 2.35. The van der Waals surface area contributed by atoms with Gasteiger partial charge in [-0.3, -0.25) is 4.79 Å². The molecule has 1 atom stereocenters. The molecule has 0 spiro atoms. The van der Waals surface area contributed by atoms with E-state index in [1.165, 1.54) is 0 Å². The van der Waals surface area contributed by atoms with E-state index in [9.17, 15) is 4.79 Å². The molecule has 0 bridgehead atoms. The van der Waals surface area contributed by atoms with Crippen LogP contribution in [0.5, 0.6) is 5.88 Å². The van der Waals surface area contributed by atoms with Crippen molar-refractivity contribution in [2.75, 3.05) is 13.1 Å². The predicted octanol–water partition coefficient (Wildman–Crippen LogP) is 1.90. The van der Waals surface area contributed by atoms with Crippen LogP contribution in [0.4, 0.5) is 0 Å². The van der Waals surface area contributed by atoms with Crippen LogP contribution < -0.4 is 4.74 Å². The number of ether oxygens (including phenoxy) is 1. The maximum atomic E-state index is 12.3. The predicted molar refractivity (Wildman–Crippen MR) is 76.4 cm³/mol. The van der Waals surface area contributed by atoms with Crippen LogP contribution in [0, 0.1) is 17.2 Å². The number of likely N-dealkylation sites (tertiary alicyclic amines) is 1. The molecule has 1 aromatic heterocycles. The molecule has 1 aliphatic heterocycles. The number of aromatic nitrogens is 1. The average molecular weight is 283 g/mol. The Morgan fingerprint density at radius 2 is 2.29 bits per heavy atom. The Morgan fingerprint density at radius 1 is 1.43 bits per heavy atom. The molecule has 1 fully saturated rings. The van der Waals surface area contributed by atoms with Crippen molar-refractivity contribution in [3.05, 3.63) is 36.0 Å². The summed E-state index contributed by atoms with van der Waals surface area (Å²) in [5.74, 6) is 0.820. The molecule has 1 amide bonds. The van der Waals surface area contributed by atoms with Crippen LogP contribution in [-0.4, -0.2) is 35.0 Å². The highest BCUT2D eigenvalue weighted by Crippen LogP contribution is 2.24. The largest absolute Gasteiger partial charge is 0.471 e. The van der Waals surface area contributed by atoms with Crippen LogP contribution in [-0.2, 0) is 4.79 Å². The fourth-order valence-electron chi connectivity index (χ4n) is 2.68. The fraction of sp³-hybridized carbons (Fsp3) is 0.438. The molecule has 1 unspecified atom stereocenters. The van der Waals surface area contributed by atoms with Gasteiger partial charge < -0.3 is 9.64 Å². The number of carbonyl (C=O) groups excluding carboxylic acids is 1. The quantitative estimate of drug-likeness (QED) is 0.795. The second kappa shape index (κ2) is 5.96. The van der Waals surface area contributed by atoms with E-state index >= 15 is 0 Å². The van der Waals surface area contributed by atoms with Crippen LogP contribution >= 0.6 is 0 Å². The number of rotatable bonds is 3. The van der Waals surface area contributed by atoms with Crippen molar-refractivity contribution in [1.29, 1.82) is 5.26 Å². The summed E-state index contributed by atoms with van der Waals surface area (Å²) >= 11 is 0. The smallest absolute Gasteiger partial charge is 0.226 e. The standard InChI is InChI=1S/C16H17N3O2/c17-9-12-6-7-18-15(8-12)21-14-10-19(11-14)16(20)13-4-2-1-3-5-13/h1-2,6-8,13-14H,3-5,10-11H2. The van der Waals surface area contributed by atoms with Crippen molar-refractivity contribution >= 4 is 5.91 Å². The van der Waals surface area contributed by atoms with Gasteiger partial charge in [0.25, 0.3) is 0 Å². The Bertz CT molecular complexity index is 600. The molecule has 0 radical (unpaired) electrons. The monoisotopic (exact) mass is 283 g/mol. The number of nitrogens with zero attached hydrogens (tertiary/aromatic N) is 3. The third-order valence-corrected chi connectivity index (χ3v) is 3.93. The average Bonchev–Trinajstić information content (AvgIpc) is 2.51. The summed E-state index contributed by atoms with van der Waals surface area (Å²) in [6.07, 6.45) is 8.57. The molecular formula is C16H17N3O2. The summed E-state index contributed by atoms with van der Waals surface area (Å²) in [6, 6.07) is 5.32. The number of allylic oxidation sites excluding steroid dienone is 2. The Labute approximate surface area is 123 Å². The summed E-state index contributed by atoms with van der Waals surface area (Å²) in [5.41, 5.74) is 0.529. The van der Waals surface area contributed by atoms with Gasteiger partial charge in [0.2, 0.25) is 11.8 Å². The minimum Gasteiger partial charge on any atom is -0.471 e. The Kier molecular flexibility index (Phi) is 3.87. The lowest BCUT2D eigenvalue weighted by atomic mass is 9.92. The van der Waals surface area contributed by atoms with Crippen LogP contribution in [0.15, 0.2) is 30.5 Å². The highest BCUT2D eigenvalue weighted by atomic mass is 16.5. The second-order valence-corrected chi connectivity index (χ2v) is 5.46. The van der Waals surface area contributed by atoms with E-state index in [4.69, 9.17) is 10.00 Å². The molecular weight excluding hydrogens is 266 g/mol. The molecule has 1 aliphatic carbocycles. The van der Waals surface area contributed by atoms with Gasteiger partial charge in [0.1, 0.15) is 6.10 Å². The van der Waals surface area contributed by atoms with Gasteiger partial charge in [-0.2, -0.15) is 5.26 Å². The van der Waals surface area contributed by atoms with E-state index in [1.54, 1.807) is 18.3 Å². The van der Waals surface area contributed by atoms with Gasteiger partial charge in [-0.25, -0.2) is 4.98 Å². The fourth-order valence-corrected chi connectivity index (χ4v) is 2.68. The molecule has 1 aromatic rings. The van der Waals surface area contributed by atoms with Crippen molar-refractivity contribution in [3.8, 4) is 11.9 Å². The van der Waals surface area contributed by atoms with Crippen molar-refractivity contribution in [1.82, 2.24) is 9.88 Å². The SMILES string of the molecule is N#Cc1ccnc(OC2CN(C(=O)C3CC=CCC3)C2)c1. The lowest BCUT2D eigenvalue weighted by Gasteiger charge is -2.40. The van der Waals surface area contributed by atoms with E-state index in [0.29, 0.717) is 24.5 Å². The normalized spacial score (nSPS) is 21.5. The summed E-state index contributed by atoms with van der Waals surface area (Å²) in [6.45, 7) is 1.22. The summed E-state index contributed by atoms with van der Waals surface area (Å²) in [7, 11) is 0. The van der Waals surface area contributed by atoms with Crippen molar-refractivity contribution in [2.24, 2.45) is 5.92 Å². The lowest BCUT2D eigenvalue weighted by molar-refractivity contribution is -0.144. The van der Waals surface area contributed by atoms with Gasteiger partial charge in [0.15, 0.2) is 0 Å². The second-order valence-electron chi connectivity index (χ2n) is 5.46. The third-order valence-electron chi connectivity index (χ3n) is 3.93. The van der Waals surface area contributed by atoms with E-state index < -0.39 is 0 Å². The number of nitriles is 1. The maximum absolute atomic E-state index is 12.3. The lowest BCUT2D eigenvalue weighted by Crippen LogP contribution is -2.57. The van der Waals surface area contributed by atoms with E-state index in [0.717, 1.165) is 19.3 Å². The molecule has 5 nitrogen and oxygen atoms in total. The van der Waals surface area contributed by atoms with Crippen LogP contribution in [0.25, 0.3) is 0 Å². The maximum Gasteiger partial charge on any atom is 0.226 e. The van der Waals surface area contributed by atoms with Gasteiger partial charge in [-0.05, 0) is 25.3 Å². The molecule has 21 heavy (non-hydrogen) atoms. The molecule has 2 heterocycles. The number of pyridine rings is 1. The highest BCUT2D eigenvalue weighted by molar-refractivity contribution is 5.80. The van der Waals surface area contributed by atoms with Gasteiger partial charge in [0.05, 0.1) is 24.7 Å². The zero-order valence-corrected chi connectivity index (χ0v) is 11.7. The minimum absolute atomic E-state index is 0.0190. The first-order chi connectivity index (χ1) is 10.3. The van der Waals surface area contributed by atoms with E-state index in [-0.39, 0.29) is 17.9 Å². The van der Waals surface area contributed by atoms with Crippen molar-refractivity contribution in [2.45, 2.75) is 25.4 Å². The van der Waals surface area contributed by atoms with E-state index in [2.05, 4.69) is 23.2 Å². The molecule has 0 saturated carbocycles. The molecule has 3 rings (SSSR count). The molecule has 108 valence electrons. The molecule has 1 saturated heterocycles. The van der Waals surface area contributed by atoms with Crippen molar-refractivity contribution < 1.29 is 9.53 Å². The first kappa shape index (κ1) is 13.6. The minimum atomic E-state index is -0.0190. The number of hydrogen-bond acceptors (Lipinski definition) is 4. The first-order valence-corrected chi connectivity index (χ1v) is 7.23. The summed E-state index contributed by atoms with van der Waals surface area (Å²) < 4.78 is 5.69. The van der Waals surface area contributed by atoms with Crippen LogP contribution in [0.1, 0.15) is 24.8 Å². The molecule has 0 N–H and O–H groups in total. The van der Waals surface area contributed by atoms with Crippen molar-refractivity contribution in [3.63, 3.8) is 0 Å². The van der Waals surface area contributed by atoms with E-state index in [1.807, 2.05) is 4.90 Å². The number of carbonyl (C=O) groups is 1. The van der Waals surface area contributed by atoms with Gasteiger partial charge in [-0.15, -0.1) is 0 Å². The Hall–Kier alpha value is -2.35. The molecule has 5 heteroatoms. The van der Waals surface area contributed by atoms with Crippen LogP contribution in [0.2, 0.25) is 0 Å². The Morgan fingerprint density at radius 3 is 3.00 bits per heavy atom. The number of amides is 1. The Balaban J connectivity index is 1.50. The van der Waals surface area contributed by atoms with Gasteiger partial charge in [0, 0.05) is 18.2 Å². The van der Waals surface area contributed by atoms with Crippen LogP contribution in [0.3, 0.4) is 0 Å². The zero-order valence-electron chi connectivity index (χ0n) is 11.7. The zero-order chi connectivity index (χ0) is 14.7. The molecule has 2 aliphatic rings. The summed E-state index contributed by atoms with van der Waals surface area (Å²) in [4.78, 5) is 18.2. The molecule has 0 aromatic carbocycles.